The van der Waals surface area contributed by atoms with Gasteiger partial charge in [0.05, 0.1) is 0 Å². The van der Waals surface area contributed by atoms with Gasteiger partial charge in [-0.1, -0.05) is 5.16 Å². The van der Waals surface area contributed by atoms with Crippen LogP contribution in [0.2, 0.25) is 0 Å². The third-order valence-electron chi connectivity index (χ3n) is 4.31. The Balaban J connectivity index is 1.76. The number of aliphatic carboxylic acids is 1. The average molecular weight is 483 g/mol. The maximum absolute atomic E-state index is 12.8. The summed E-state index contributed by atoms with van der Waals surface area (Å²) >= 11 is 2.28. The fourth-order valence-corrected chi connectivity index (χ4v) is 4.97. The molecule has 13 nitrogen and oxygen atoms in total. The fraction of sp³-hybridized carbons (Fsp3) is 0.353. The van der Waals surface area contributed by atoms with Gasteiger partial charge in [-0.05, 0) is 0 Å². The van der Waals surface area contributed by atoms with E-state index in [0.29, 0.717) is 6.41 Å². The van der Waals surface area contributed by atoms with Crippen molar-refractivity contribution in [1.82, 2.24) is 15.2 Å². The van der Waals surface area contributed by atoms with Gasteiger partial charge in [0.1, 0.15) is 36.5 Å². The number of hydrogen-bond acceptors (Lipinski definition) is 11. The molecule has 0 spiro atoms. The topological polar surface area (TPSA) is 177 Å². The number of oxime groups is 1. The average Bonchev–Trinajstić information content (AvgIpc) is 3.21. The van der Waals surface area contributed by atoms with E-state index in [1.807, 2.05) is 0 Å². The Hall–Kier alpha value is -3.46. The van der Waals surface area contributed by atoms with Crippen LogP contribution in [-0.4, -0.2) is 81.8 Å². The van der Waals surface area contributed by atoms with Crippen LogP contribution in [0.4, 0.5) is 5.13 Å². The Bertz CT molecular complexity index is 1040. The van der Waals surface area contributed by atoms with Gasteiger partial charge in [0, 0.05) is 23.6 Å². The minimum Gasteiger partial charge on any atom is -0.477 e. The van der Waals surface area contributed by atoms with Crippen LogP contribution in [-0.2, 0) is 33.5 Å². The lowest BCUT2D eigenvalue weighted by Crippen LogP contribution is -2.71. The van der Waals surface area contributed by atoms with Crippen LogP contribution in [0.1, 0.15) is 12.6 Å². The van der Waals surface area contributed by atoms with Gasteiger partial charge >= 0.3 is 11.9 Å². The molecule has 3 N–H and O–H groups in total. The predicted molar refractivity (Wildman–Crippen MR) is 112 cm³/mol. The zero-order valence-electron chi connectivity index (χ0n) is 16.7. The molecule has 3 heterocycles. The summed E-state index contributed by atoms with van der Waals surface area (Å²) in [7, 11) is 1.23. The molecule has 2 atom stereocenters. The molecule has 0 radical (unpaired) electrons. The van der Waals surface area contributed by atoms with Gasteiger partial charge in [0.2, 0.25) is 6.41 Å². The number of ether oxygens (including phenoxy) is 1. The number of nitrogens with zero attached hydrogens (tertiary/aromatic N) is 3. The molecule has 1 fully saturated rings. The summed E-state index contributed by atoms with van der Waals surface area (Å²) in [5.41, 5.74) is -0.0838. The number of thiazole rings is 1. The highest BCUT2D eigenvalue weighted by Gasteiger charge is 2.54. The van der Waals surface area contributed by atoms with Crippen molar-refractivity contribution in [2.75, 3.05) is 24.8 Å². The number of rotatable bonds is 9. The van der Waals surface area contributed by atoms with Gasteiger partial charge in [-0.25, -0.2) is 9.78 Å². The summed E-state index contributed by atoms with van der Waals surface area (Å²) in [4.78, 5) is 68.6. The number of amides is 3. The van der Waals surface area contributed by atoms with Crippen LogP contribution in [0.5, 0.6) is 0 Å². The van der Waals surface area contributed by atoms with Crippen LogP contribution in [0.15, 0.2) is 21.8 Å². The molecular formula is C17H17N5O8S2. The number of carboxylic acid groups (broad SMARTS) is 1. The fourth-order valence-electron chi connectivity index (χ4n) is 2.99. The van der Waals surface area contributed by atoms with Crippen LogP contribution in [0, 0.1) is 0 Å². The molecule has 0 aliphatic carbocycles. The highest BCUT2D eigenvalue weighted by atomic mass is 32.2. The van der Waals surface area contributed by atoms with Crippen molar-refractivity contribution in [2.24, 2.45) is 5.16 Å². The van der Waals surface area contributed by atoms with Gasteiger partial charge in [-0.2, -0.15) is 0 Å². The number of carbonyl (C=O) groups is 5. The highest BCUT2D eigenvalue weighted by Crippen LogP contribution is 2.40. The Kier molecular flexibility index (Phi) is 7.09. The first-order chi connectivity index (χ1) is 15.3. The normalized spacial score (nSPS) is 20.1. The van der Waals surface area contributed by atoms with E-state index in [9.17, 15) is 29.1 Å². The Morgan fingerprint density at radius 3 is 2.81 bits per heavy atom. The van der Waals surface area contributed by atoms with Crippen molar-refractivity contribution in [3.63, 3.8) is 0 Å². The zero-order chi connectivity index (χ0) is 23.4. The van der Waals surface area contributed by atoms with Crippen LogP contribution in [0.3, 0.4) is 0 Å². The third-order valence-corrected chi connectivity index (χ3v) is 6.43. The van der Waals surface area contributed by atoms with E-state index < -0.39 is 35.2 Å². The second-order valence-corrected chi connectivity index (χ2v) is 8.28. The lowest BCUT2D eigenvalue weighted by atomic mass is 10.0. The molecule has 170 valence electrons. The summed E-state index contributed by atoms with van der Waals surface area (Å²) in [5.74, 6) is -3.11. The smallest absolute Gasteiger partial charge is 0.352 e. The zero-order valence-corrected chi connectivity index (χ0v) is 18.3. The van der Waals surface area contributed by atoms with Crippen molar-refractivity contribution < 1.29 is 38.7 Å². The highest BCUT2D eigenvalue weighted by molar-refractivity contribution is 8.00. The Morgan fingerprint density at radius 2 is 2.19 bits per heavy atom. The van der Waals surface area contributed by atoms with E-state index in [0.717, 1.165) is 16.2 Å². The summed E-state index contributed by atoms with van der Waals surface area (Å²) in [6.07, 6.45) is 0.432. The van der Waals surface area contributed by atoms with E-state index >= 15 is 0 Å². The molecule has 3 rings (SSSR count). The van der Waals surface area contributed by atoms with Gasteiger partial charge in [0.15, 0.2) is 10.8 Å². The number of thioether (sulfide) groups is 1. The number of esters is 1. The molecule has 0 saturated carbocycles. The standard InChI is InChI=1S/C17H17N5O8S2/c1-7(24)30-3-8-4-31-15-11(14(26)22(15)12(8)16(27)28)20-13(25)10(21-29-2)9-5-32-17(19-9)18-6-23/h5-6,11,15H,3-4H2,1-2H3,(H,20,25)(H,27,28)(H,18,19,23)/t11-,15-/m1/s1. The number of carboxylic acids is 1. The molecule has 1 aromatic rings. The first-order valence-electron chi connectivity index (χ1n) is 8.90. The first kappa shape index (κ1) is 23.2. The van der Waals surface area contributed by atoms with Gasteiger partial charge in [-0.15, -0.1) is 23.1 Å². The largest absolute Gasteiger partial charge is 0.477 e. The number of carbonyl (C=O) groups excluding carboxylic acids is 4. The van der Waals surface area contributed by atoms with E-state index in [2.05, 4.69) is 20.8 Å². The quantitative estimate of drug-likeness (QED) is 0.135. The molecule has 0 unspecified atom stereocenters. The monoisotopic (exact) mass is 483 g/mol. The molecule has 15 heteroatoms. The predicted octanol–water partition coefficient (Wildman–Crippen LogP) is -0.636. The number of β-lactam (4-membered cyclic amide) rings is 1. The molecule has 2 aliphatic heterocycles. The molecule has 1 saturated heterocycles. The van der Waals surface area contributed by atoms with Gasteiger partial charge < -0.3 is 25.3 Å². The number of nitrogens with one attached hydrogen (secondary N) is 2. The maximum Gasteiger partial charge on any atom is 0.352 e. The molecule has 0 aromatic carbocycles. The summed E-state index contributed by atoms with van der Waals surface area (Å²) in [6.45, 7) is 0.947. The van der Waals surface area contributed by atoms with E-state index in [-0.39, 0.29) is 40.2 Å². The van der Waals surface area contributed by atoms with Crippen molar-refractivity contribution in [2.45, 2.75) is 18.3 Å². The third kappa shape index (κ3) is 4.57. The lowest BCUT2D eigenvalue weighted by molar-refractivity contribution is -0.150. The number of aromatic nitrogens is 1. The van der Waals surface area contributed by atoms with Crippen LogP contribution >= 0.6 is 23.1 Å². The van der Waals surface area contributed by atoms with Crippen molar-refractivity contribution >= 4 is 64.1 Å². The van der Waals surface area contributed by atoms with Crippen molar-refractivity contribution in [3.8, 4) is 0 Å². The maximum atomic E-state index is 12.8. The number of anilines is 1. The molecule has 32 heavy (non-hydrogen) atoms. The molecule has 0 bridgehead atoms. The Labute approximate surface area is 188 Å². The summed E-state index contributed by atoms with van der Waals surface area (Å²) < 4.78 is 4.88. The van der Waals surface area contributed by atoms with Crippen LogP contribution < -0.4 is 10.6 Å². The van der Waals surface area contributed by atoms with Gasteiger partial charge in [0.25, 0.3) is 11.8 Å². The SMILES string of the molecule is CON=C(C(=O)N[C@@H]1C(=O)N2C(C(=O)O)=C(COC(C)=O)CS[C@H]12)c1csc(NC=O)n1. The van der Waals surface area contributed by atoms with Crippen LogP contribution in [0.25, 0.3) is 0 Å². The Morgan fingerprint density at radius 1 is 1.44 bits per heavy atom. The first-order valence-corrected chi connectivity index (χ1v) is 10.8. The molecular weight excluding hydrogens is 466 g/mol. The van der Waals surface area contributed by atoms with Crippen molar-refractivity contribution in [1.29, 1.82) is 0 Å². The second kappa shape index (κ2) is 9.78. The van der Waals surface area contributed by atoms with Gasteiger partial charge in [-0.3, -0.25) is 24.1 Å². The summed E-state index contributed by atoms with van der Waals surface area (Å²) in [5, 5.41) is 19.1. The van der Waals surface area contributed by atoms with E-state index in [1.165, 1.54) is 31.2 Å². The second-order valence-electron chi connectivity index (χ2n) is 6.32. The van der Waals surface area contributed by atoms with E-state index in [4.69, 9.17) is 9.57 Å². The lowest BCUT2D eigenvalue weighted by Gasteiger charge is -2.49. The summed E-state index contributed by atoms with van der Waals surface area (Å²) in [6, 6.07) is -1.01. The molecule has 2 aliphatic rings. The number of hydrogen-bond donors (Lipinski definition) is 3. The van der Waals surface area contributed by atoms with E-state index in [1.54, 1.807) is 0 Å². The molecule has 1 aromatic heterocycles. The molecule has 3 amide bonds. The van der Waals surface area contributed by atoms with Crippen molar-refractivity contribution in [3.05, 3.63) is 22.3 Å². The number of fused-ring (bicyclic) bond motifs is 1. The minimum absolute atomic E-state index is 0.119. The minimum atomic E-state index is -1.34.